The third kappa shape index (κ3) is 4.84. The number of halogens is 1. The number of carboxylic acids is 1. The topological polar surface area (TPSA) is 87.9 Å². The zero-order chi connectivity index (χ0) is 24.3. The molecule has 0 spiro atoms. The average Bonchev–Trinajstić information content (AvgIpc) is 3.33. The number of para-hydroxylation sites is 1. The van der Waals surface area contributed by atoms with Gasteiger partial charge in [0.1, 0.15) is 5.75 Å². The first-order valence-electron chi connectivity index (χ1n) is 10.8. The lowest BCUT2D eigenvalue weighted by atomic mass is 9.96. The van der Waals surface area contributed by atoms with Crippen LogP contribution in [0.5, 0.6) is 11.5 Å². The lowest BCUT2D eigenvalue weighted by molar-refractivity contribution is 0.0584. The van der Waals surface area contributed by atoms with Crippen LogP contribution in [0.3, 0.4) is 0 Å². The Balaban J connectivity index is 1.47. The standard InChI is InChI=1S/C25H25FN4O4/c1-3-25(2)17-28(13-14-29(25)24(33)30-12-11-21(27-30)23(31)32)16-18-9-10-20(26)22(15-18)34-19-7-5-4-6-8-19/h3-12,15H,1,13-14,16-17H2,2H3,(H,31,32)/t25-/m0/s1. The number of benzene rings is 2. The maximum absolute atomic E-state index is 14.3. The number of amides is 1. The van der Waals surface area contributed by atoms with Crippen LogP contribution in [0.25, 0.3) is 0 Å². The van der Waals surface area contributed by atoms with Crippen LogP contribution >= 0.6 is 0 Å². The average molecular weight is 464 g/mol. The number of piperazine rings is 1. The van der Waals surface area contributed by atoms with Crippen LogP contribution < -0.4 is 4.74 Å². The minimum Gasteiger partial charge on any atom is -0.476 e. The number of carboxylic acid groups (broad SMARTS) is 1. The van der Waals surface area contributed by atoms with Gasteiger partial charge in [0.2, 0.25) is 0 Å². The molecule has 0 aliphatic carbocycles. The van der Waals surface area contributed by atoms with E-state index in [-0.39, 0.29) is 11.4 Å². The van der Waals surface area contributed by atoms with Gasteiger partial charge in [-0.2, -0.15) is 9.78 Å². The molecule has 1 fully saturated rings. The number of rotatable bonds is 6. The molecule has 2 aromatic carbocycles. The molecule has 3 aromatic rings. The third-order valence-electron chi connectivity index (χ3n) is 5.85. The summed E-state index contributed by atoms with van der Waals surface area (Å²) in [5, 5.41) is 12.9. The predicted octanol–water partition coefficient (Wildman–Crippen LogP) is 4.24. The number of aromatic nitrogens is 2. The van der Waals surface area contributed by atoms with Crippen LogP contribution in [0.2, 0.25) is 0 Å². The molecule has 1 aliphatic heterocycles. The Morgan fingerprint density at radius 1 is 1.21 bits per heavy atom. The molecule has 1 N–H and O–H groups in total. The van der Waals surface area contributed by atoms with E-state index >= 15 is 0 Å². The van der Waals surface area contributed by atoms with Gasteiger partial charge in [0, 0.05) is 32.4 Å². The summed E-state index contributed by atoms with van der Waals surface area (Å²) < 4.78 is 21.1. The fourth-order valence-electron chi connectivity index (χ4n) is 4.00. The van der Waals surface area contributed by atoms with Crippen LogP contribution in [0.1, 0.15) is 23.0 Å². The Labute approximate surface area is 196 Å². The van der Waals surface area contributed by atoms with E-state index in [0.717, 1.165) is 10.2 Å². The fourth-order valence-corrected chi connectivity index (χ4v) is 4.00. The Morgan fingerprint density at radius 3 is 2.65 bits per heavy atom. The lowest BCUT2D eigenvalue weighted by Crippen LogP contribution is -2.62. The van der Waals surface area contributed by atoms with Crippen molar-refractivity contribution in [2.24, 2.45) is 0 Å². The second-order valence-electron chi connectivity index (χ2n) is 8.34. The maximum atomic E-state index is 14.3. The van der Waals surface area contributed by atoms with E-state index in [1.807, 2.05) is 25.1 Å². The molecular weight excluding hydrogens is 439 g/mol. The van der Waals surface area contributed by atoms with Gasteiger partial charge < -0.3 is 14.7 Å². The number of carbonyl (C=O) groups excluding carboxylic acids is 1. The van der Waals surface area contributed by atoms with E-state index in [9.17, 15) is 14.0 Å². The largest absolute Gasteiger partial charge is 0.476 e. The van der Waals surface area contributed by atoms with E-state index in [0.29, 0.717) is 31.9 Å². The molecule has 1 atom stereocenters. The van der Waals surface area contributed by atoms with Gasteiger partial charge >= 0.3 is 12.0 Å². The fraction of sp³-hybridized carbons (Fsp3) is 0.240. The van der Waals surface area contributed by atoms with E-state index < -0.39 is 23.4 Å². The number of hydrogen-bond acceptors (Lipinski definition) is 5. The molecule has 4 rings (SSSR count). The molecule has 1 saturated heterocycles. The second kappa shape index (κ2) is 9.48. The minimum atomic E-state index is -1.20. The van der Waals surface area contributed by atoms with Gasteiger partial charge in [-0.25, -0.2) is 14.0 Å². The van der Waals surface area contributed by atoms with Crippen LogP contribution in [0, 0.1) is 5.82 Å². The minimum absolute atomic E-state index is 0.150. The highest BCUT2D eigenvalue weighted by molar-refractivity contribution is 5.86. The third-order valence-corrected chi connectivity index (χ3v) is 5.85. The normalized spacial score (nSPS) is 18.5. The smallest absolute Gasteiger partial charge is 0.356 e. The van der Waals surface area contributed by atoms with Gasteiger partial charge in [0.05, 0.1) is 5.54 Å². The first-order chi connectivity index (χ1) is 16.3. The van der Waals surface area contributed by atoms with Crippen LogP contribution in [0.15, 0.2) is 73.4 Å². The van der Waals surface area contributed by atoms with Crippen molar-refractivity contribution in [1.29, 1.82) is 0 Å². The molecule has 176 valence electrons. The monoisotopic (exact) mass is 464 g/mol. The molecule has 0 saturated carbocycles. The molecule has 1 aliphatic rings. The Morgan fingerprint density at radius 2 is 1.97 bits per heavy atom. The van der Waals surface area contributed by atoms with Crippen molar-refractivity contribution in [2.75, 3.05) is 19.6 Å². The van der Waals surface area contributed by atoms with Gasteiger partial charge in [-0.1, -0.05) is 30.3 Å². The molecule has 0 unspecified atom stereocenters. The summed E-state index contributed by atoms with van der Waals surface area (Å²) in [5.41, 5.74) is -0.0394. The molecule has 0 bridgehead atoms. The summed E-state index contributed by atoms with van der Waals surface area (Å²) in [5.74, 6) is -0.942. The highest BCUT2D eigenvalue weighted by Crippen LogP contribution is 2.28. The molecule has 2 heterocycles. The van der Waals surface area contributed by atoms with Crippen molar-refractivity contribution in [3.63, 3.8) is 0 Å². The van der Waals surface area contributed by atoms with Crippen LogP contribution in [-0.2, 0) is 6.54 Å². The number of ether oxygens (including phenoxy) is 1. The summed E-state index contributed by atoms with van der Waals surface area (Å²) in [6.07, 6.45) is 3.04. The SMILES string of the molecule is C=C[C@@]1(C)CN(Cc2ccc(F)c(Oc3ccccc3)c2)CCN1C(=O)n1ccc(C(=O)O)n1. The first-order valence-corrected chi connectivity index (χ1v) is 10.8. The molecule has 1 aromatic heterocycles. The zero-order valence-electron chi connectivity index (χ0n) is 18.7. The number of nitrogens with zero attached hydrogens (tertiary/aromatic N) is 4. The van der Waals surface area contributed by atoms with Crippen LogP contribution in [-0.4, -0.2) is 61.9 Å². The van der Waals surface area contributed by atoms with Gasteiger partial charge in [0.15, 0.2) is 17.3 Å². The number of aromatic carboxylic acids is 1. The van der Waals surface area contributed by atoms with E-state index in [4.69, 9.17) is 9.84 Å². The van der Waals surface area contributed by atoms with Crippen molar-refractivity contribution in [1.82, 2.24) is 19.6 Å². The van der Waals surface area contributed by atoms with Crippen molar-refractivity contribution in [3.05, 3.63) is 90.5 Å². The second-order valence-corrected chi connectivity index (χ2v) is 8.34. The molecule has 9 heteroatoms. The van der Waals surface area contributed by atoms with E-state index in [2.05, 4.69) is 16.6 Å². The highest BCUT2D eigenvalue weighted by Gasteiger charge is 2.39. The molecular formula is C25H25FN4O4. The Hall–Kier alpha value is -3.98. The van der Waals surface area contributed by atoms with Crippen molar-refractivity contribution in [2.45, 2.75) is 19.0 Å². The molecule has 34 heavy (non-hydrogen) atoms. The van der Waals surface area contributed by atoms with Crippen LogP contribution in [0.4, 0.5) is 9.18 Å². The zero-order valence-corrected chi connectivity index (χ0v) is 18.7. The number of carbonyl (C=O) groups is 2. The van der Waals surface area contributed by atoms with Crippen molar-refractivity contribution >= 4 is 12.0 Å². The quantitative estimate of drug-likeness (QED) is 0.549. The maximum Gasteiger partial charge on any atom is 0.356 e. The lowest BCUT2D eigenvalue weighted by Gasteiger charge is -2.47. The summed E-state index contributed by atoms with van der Waals surface area (Å²) in [6.45, 7) is 7.77. The summed E-state index contributed by atoms with van der Waals surface area (Å²) >= 11 is 0. The van der Waals surface area contributed by atoms with E-state index in [1.54, 1.807) is 35.2 Å². The van der Waals surface area contributed by atoms with Gasteiger partial charge in [0.25, 0.3) is 0 Å². The Bertz CT molecular complexity index is 1210. The van der Waals surface area contributed by atoms with Gasteiger partial charge in [-0.05, 0) is 42.8 Å². The highest BCUT2D eigenvalue weighted by atomic mass is 19.1. The summed E-state index contributed by atoms with van der Waals surface area (Å²) in [4.78, 5) is 27.9. The van der Waals surface area contributed by atoms with Crippen molar-refractivity contribution in [3.8, 4) is 11.5 Å². The van der Waals surface area contributed by atoms with Crippen molar-refractivity contribution < 1.29 is 23.8 Å². The molecule has 0 radical (unpaired) electrons. The van der Waals surface area contributed by atoms with Gasteiger partial charge in [-0.3, -0.25) is 4.90 Å². The molecule has 8 nitrogen and oxygen atoms in total. The molecule has 1 amide bonds. The van der Waals surface area contributed by atoms with Gasteiger partial charge in [-0.15, -0.1) is 6.58 Å². The first kappa shape index (κ1) is 23.2. The predicted molar refractivity (Wildman–Crippen MR) is 123 cm³/mol. The Kier molecular flexibility index (Phi) is 6.47. The summed E-state index contributed by atoms with van der Waals surface area (Å²) in [7, 11) is 0. The summed E-state index contributed by atoms with van der Waals surface area (Å²) in [6, 6.07) is 14.7. The van der Waals surface area contributed by atoms with E-state index in [1.165, 1.54) is 18.3 Å². The number of hydrogen-bond donors (Lipinski definition) is 1.